The third-order valence-corrected chi connectivity index (χ3v) is 5.57. The summed E-state index contributed by atoms with van der Waals surface area (Å²) in [4.78, 5) is 41.4. The van der Waals surface area contributed by atoms with Gasteiger partial charge in [0.15, 0.2) is 0 Å². The summed E-state index contributed by atoms with van der Waals surface area (Å²) >= 11 is 0.856. The minimum atomic E-state index is -0.435. The zero-order valence-electron chi connectivity index (χ0n) is 15.6. The SMILES string of the molecule is O=C(CN1C(=O)S/C(=C\c2ccccc2)C1=O)NCCc1c[nH]c2ccccc12. The molecule has 1 aromatic heterocycles. The van der Waals surface area contributed by atoms with Gasteiger partial charge >= 0.3 is 0 Å². The van der Waals surface area contributed by atoms with Crippen molar-refractivity contribution in [1.82, 2.24) is 15.2 Å². The second-order valence-electron chi connectivity index (χ2n) is 6.64. The maximum Gasteiger partial charge on any atom is 0.294 e. The van der Waals surface area contributed by atoms with E-state index in [0.29, 0.717) is 17.9 Å². The van der Waals surface area contributed by atoms with E-state index in [1.54, 1.807) is 6.08 Å². The summed E-state index contributed by atoms with van der Waals surface area (Å²) in [6.45, 7) is 0.154. The predicted molar refractivity (Wildman–Crippen MR) is 114 cm³/mol. The number of para-hydroxylation sites is 1. The average Bonchev–Trinajstić information content (AvgIpc) is 3.25. The van der Waals surface area contributed by atoms with Crippen molar-refractivity contribution in [2.24, 2.45) is 0 Å². The minimum absolute atomic E-state index is 0.273. The van der Waals surface area contributed by atoms with Crippen LogP contribution in [0.3, 0.4) is 0 Å². The first-order chi connectivity index (χ1) is 14.1. The Morgan fingerprint density at radius 1 is 1.07 bits per heavy atom. The number of nitrogens with zero attached hydrogens (tertiary/aromatic N) is 1. The second-order valence-corrected chi connectivity index (χ2v) is 7.63. The van der Waals surface area contributed by atoms with Gasteiger partial charge in [-0.3, -0.25) is 19.3 Å². The van der Waals surface area contributed by atoms with E-state index >= 15 is 0 Å². The van der Waals surface area contributed by atoms with Crippen LogP contribution in [0.4, 0.5) is 4.79 Å². The molecule has 0 aliphatic carbocycles. The van der Waals surface area contributed by atoms with Crippen LogP contribution >= 0.6 is 11.8 Å². The summed E-state index contributed by atoms with van der Waals surface area (Å²) in [7, 11) is 0. The van der Waals surface area contributed by atoms with Gasteiger partial charge in [-0.1, -0.05) is 48.5 Å². The lowest BCUT2D eigenvalue weighted by atomic mass is 10.1. The first kappa shape index (κ1) is 19.0. The van der Waals surface area contributed by atoms with E-state index in [4.69, 9.17) is 0 Å². The Morgan fingerprint density at radius 3 is 2.66 bits per heavy atom. The van der Waals surface area contributed by atoms with Crippen LogP contribution in [0.25, 0.3) is 17.0 Å². The van der Waals surface area contributed by atoms with Gasteiger partial charge in [-0.25, -0.2) is 0 Å². The number of carbonyl (C=O) groups is 3. The molecule has 6 nitrogen and oxygen atoms in total. The highest BCUT2D eigenvalue weighted by Crippen LogP contribution is 2.31. The molecule has 7 heteroatoms. The number of hydrogen-bond donors (Lipinski definition) is 2. The van der Waals surface area contributed by atoms with Crippen LogP contribution in [0.1, 0.15) is 11.1 Å². The molecule has 2 heterocycles. The summed E-state index contributed by atoms with van der Waals surface area (Å²) in [5.74, 6) is -0.788. The van der Waals surface area contributed by atoms with Gasteiger partial charge in [-0.15, -0.1) is 0 Å². The Morgan fingerprint density at radius 2 is 1.83 bits per heavy atom. The number of imide groups is 1. The molecule has 29 heavy (non-hydrogen) atoms. The molecule has 0 bridgehead atoms. The van der Waals surface area contributed by atoms with Crippen molar-refractivity contribution in [1.29, 1.82) is 0 Å². The molecule has 146 valence electrons. The van der Waals surface area contributed by atoms with Gasteiger partial charge in [0.1, 0.15) is 6.54 Å². The maximum atomic E-state index is 12.5. The molecule has 4 rings (SSSR count). The lowest BCUT2D eigenvalue weighted by Crippen LogP contribution is -2.40. The number of H-pyrrole nitrogens is 1. The first-order valence-electron chi connectivity index (χ1n) is 9.24. The van der Waals surface area contributed by atoms with E-state index < -0.39 is 11.1 Å². The standard InChI is InChI=1S/C22H19N3O3S/c26-20(23-11-10-16-13-24-18-9-5-4-8-17(16)18)14-25-21(27)19(29-22(25)28)12-15-6-2-1-3-7-15/h1-9,12-13,24H,10-11,14H2,(H,23,26)/b19-12-. The van der Waals surface area contributed by atoms with Crippen molar-refractivity contribution in [3.05, 3.63) is 76.8 Å². The molecule has 2 aromatic carbocycles. The number of hydrogen-bond acceptors (Lipinski definition) is 4. The highest BCUT2D eigenvalue weighted by atomic mass is 32.2. The Hall–Kier alpha value is -3.32. The van der Waals surface area contributed by atoms with Crippen LogP contribution in [-0.2, 0) is 16.0 Å². The first-order valence-corrected chi connectivity index (χ1v) is 10.1. The van der Waals surface area contributed by atoms with Gasteiger partial charge in [-0.2, -0.15) is 0 Å². The summed E-state index contributed by atoms with van der Waals surface area (Å²) < 4.78 is 0. The third-order valence-electron chi connectivity index (χ3n) is 4.66. The number of rotatable bonds is 6. The number of aromatic nitrogens is 1. The van der Waals surface area contributed by atoms with Crippen LogP contribution in [0.2, 0.25) is 0 Å². The van der Waals surface area contributed by atoms with Gasteiger partial charge in [-0.05, 0) is 41.5 Å². The van der Waals surface area contributed by atoms with Crippen LogP contribution in [0.15, 0.2) is 65.7 Å². The zero-order chi connectivity index (χ0) is 20.2. The van der Waals surface area contributed by atoms with Crippen LogP contribution in [0, 0.1) is 0 Å². The molecule has 1 fully saturated rings. The topological polar surface area (TPSA) is 82.3 Å². The number of carbonyl (C=O) groups excluding carboxylic acids is 3. The van der Waals surface area contributed by atoms with Crippen molar-refractivity contribution >= 4 is 45.8 Å². The van der Waals surface area contributed by atoms with Gasteiger partial charge in [0, 0.05) is 23.6 Å². The van der Waals surface area contributed by atoms with E-state index in [2.05, 4.69) is 10.3 Å². The second kappa shape index (κ2) is 8.36. The van der Waals surface area contributed by atoms with E-state index in [-0.39, 0.29) is 12.5 Å². The molecule has 3 amide bonds. The Balaban J connectivity index is 1.33. The molecule has 1 saturated heterocycles. The van der Waals surface area contributed by atoms with E-state index in [1.807, 2.05) is 60.8 Å². The minimum Gasteiger partial charge on any atom is -0.361 e. The number of fused-ring (bicyclic) bond motifs is 1. The van der Waals surface area contributed by atoms with Crippen molar-refractivity contribution < 1.29 is 14.4 Å². The summed E-state index contributed by atoms with van der Waals surface area (Å²) in [6.07, 6.45) is 4.26. The number of amides is 3. The lowest BCUT2D eigenvalue weighted by Gasteiger charge is -2.12. The van der Waals surface area contributed by atoms with E-state index in [9.17, 15) is 14.4 Å². The molecular formula is C22H19N3O3S. The normalized spacial score (nSPS) is 15.4. The molecule has 0 unspecified atom stereocenters. The van der Waals surface area contributed by atoms with E-state index in [1.165, 1.54) is 0 Å². The number of benzene rings is 2. The van der Waals surface area contributed by atoms with Crippen LogP contribution in [0.5, 0.6) is 0 Å². The van der Waals surface area contributed by atoms with Crippen molar-refractivity contribution in [3.63, 3.8) is 0 Å². The van der Waals surface area contributed by atoms with Gasteiger partial charge in [0.2, 0.25) is 5.91 Å². The van der Waals surface area contributed by atoms with Crippen molar-refractivity contribution in [2.75, 3.05) is 13.1 Å². The largest absolute Gasteiger partial charge is 0.361 e. The highest BCUT2D eigenvalue weighted by Gasteiger charge is 2.36. The molecule has 0 spiro atoms. The smallest absolute Gasteiger partial charge is 0.294 e. The Bertz CT molecular complexity index is 1100. The average molecular weight is 405 g/mol. The Kier molecular flexibility index (Phi) is 5.48. The summed E-state index contributed by atoms with van der Waals surface area (Å²) in [5, 5.41) is 3.49. The Labute approximate surface area is 172 Å². The number of nitrogens with one attached hydrogen (secondary N) is 2. The zero-order valence-corrected chi connectivity index (χ0v) is 16.4. The fourth-order valence-electron chi connectivity index (χ4n) is 3.21. The number of aromatic amines is 1. The lowest BCUT2D eigenvalue weighted by molar-refractivity contribution is -0.129. The molecular weight excluding hydrogens is 386 g/mol. The fraction of sp³-hybridized carbons (Fsp3) is 0.136. The monoisotopic (exact) mass is 405 g/mol. The van der Waals surface area contributed by atoms with E-state index in [0.717, 1.165) is 38.7 Å². The summed E-state index contributed by atoms with van der Waals surface area (Å²) in [5.41, 5.74) is 3.00. The maximum absolute atomic E-state index is 12.5. The molecule has 0 atom stereocenters. The fourth-order valence-corrected chi connectivity index (χ4v) is 4.05. The predicted octanol–water partition coefficient (Wildman–Crippen LogP) is 3.56. The number of thioether (sulfide) groups is 1. The third kappa shape index (κ3) is 4.25. The van der Waals surface area contributed by atoms with Gasteiger partial charge < -0.3 is 10.3 Å². The molecule has 3 aromatic rings. The molecule has 0 radical (unpaired) electrons. The van der Waals surface area contributed by atoms with Crippen molar-refractivity contribution in [2.45, 2.75) is 6.42 Å². The van der Waals surface area contributed by atoms with Crippen molar-refractivity contribution in [3.8, 4) is 0 Å². The van der Waals surface area contributed by atoms with Crippen LogP contribution in [-0.4, -0.2) is 40.0 Å². The molecule has 2 N–H and O–H groups in total. The van der Waals surface area contributed by atoms with Gasteiger partial charge in [0.25, 0.3) is 11.1 Å². The van der Waals surface area contributed by atoms with Gasteiger partial charge in [0.05, 0.1) is 4.91 Å². The molecule has 1 aliphatic heterocycles. The summed E-state index contributed by atoms with van der Waals surface area (Å²) in [6, 6.07) is 17.3. The van der Waals surface area contributed by atoms with Crippen LogP contribution < -0.4 is 5.32 Å². The quantitative estimate of drug-likeness (QED) is 0.615. The highest BCUT2D eigenvalue weighted by molar-refractivity contribution is 8.18. The molecule has 1 aliphatic rings. The molecule has 0 saturated carbocycles.